The Balaban J connectivity index is 3.04. The molecule has 0 fully saturated rings. The Hall–Kier alpha value is -0.260. The number of rotatable bonds is 3. The van der Waals surface area contributed by atoms with Crippen LogP contribution in [0.25, 0.3) is 0 Å². The number of allylic oxidation sites excluding steroid dienone is 1. The Morgan fingerprint density at radius 1 is 1.50 bits per heavy atom. The summed E-state index contributed by atoms with van der Waals surface area (Å²) in [6.45, 7) is 3.15. The highest BCUT2D eigenvalue weighted by molar-refractivity contribution is 9.09. The van der Waals surface area contributed by atoms with Crippen molar-refractivity contribution in [3.8, 4) is 11.8 Å². The van der Waals surface area contributed by atoms with Crippen LogP contribution in [0, 0.1) is 11.8 Å². The minimum absolute atomic E-state index is 0.524. The third kappa shape index (κ3) is 7.74. The van der Waals surface area contributed by atoms with Crippen LogP contribution in [-0.2, 0) is 4.74 Å². The van der Waals surface area contributed by atoms with E-state index in [1.54, 1.807) is 0 Å². The maximum atomic E-state index is 5.09. The molecule has 0 unspecified atom stereocenters. The van der Waals surface area contributed by atoms with E-state index in [-0.39, 0.29) is 0 Å². The summed E-state index contributed by atoms with van der Waals surface area (Å²) in [5, 5.41) is 0.722. The van der Waals surface area contributed by atoms with Crippen LogP contribution in [0.3, 0.4) is 0 Å². The average molecular weight is 203 g/mol. The first kappa shape index (κ1) is 9.74. The van der Waals surface area contributed by atoms with Crippen molar-refractivity contribution >= 4 is 15.9 Å². The van der Waals surface area contributed by atoms with Crippen molar-refractivity contribution in [1.82, 2.24) is 0 Å². The van der Waals surface area contributed by atoms with Gasteiger partial charge in [-0.2, -0.15) is 0 Å². The molecule has 0 atom stereocenters. The minimum atomic E-state index is 0.524. The molecule has 0 N–H and O–H groups in total. The third-order valence-corrected chi connectivity index (χ3v) is 1.10. The van der Waals surface area contributed by atoms with Crippen molar-refractivity contribution < 1.29 is 4.74 Å². The fourth-order valence-electron chi connectivity index (χ4n) is 0.372. The van der Waals surface area contributed by atoms with E-state index in [9.17, 15) is 0 Å². The van der Waals surface area contributed by atoms with Crippen LogP contribution in [0.15, 0.2) is 12.2 Å². The second-order valence-corrected chi connectivity index (χ2v) is 2.13. The predicted octanol–water partition coefficient (Wildman–Crippen LogP) is 1.98. The van der Waals surface area contributed by atoms with E-state index in [0.29, 0.717) is 13.2 Å². The van der Waals surface area contributed by atoms with Gasteiger partial charge in [0.25, 0.3) is 0 Å². The van der Waals surface area contributed by atoms with E-state index in [4.69, 9.17) is 4.74 Å². The van der Waals surface area contributed by atoms with Gasteiger partial charge >= 0.3 is 0 Å². The van der Waals surface area contributed by atoms with Crippen molar-refractivity contribution in [2.45, 2.75) is 6.92 Å². The number of hydrogen-bond donors (Lipinski definition) is 0. The summed E-state index contributed by atoms with van der Waals surface area (Å²) in [6.07, 6.45) is 3.91. The smallest absolute Gasteiger partial charge is 0.108 e. The summed E-state index contributed by atoms with van der Waals surface area (Å²) < 4.78 is 5.09. The zero-order valence-corrected chi connectivity index (χ0v) is 7.65. The number of hydrogen-bond acceptors (Lipinski definition) is 1. The molecule has 0 saturated heterocycles. The normalized spacial score (nSPS) is 9.40. The van der Waals surface area contributed by atoms with Crippen LogP contribution >= 0.6 is 15.9 Å². The van der Waals surface area contributed by atoms with Gasteiger partial charge in [0.05, 0.1) is 11.9 Å². The predicted molar refractivity (Wildman–Crippen MR) is 47.2 cm³/mol. The summed E-state index contributed by atoms with van der Waals surface area (Å²) in [5.41, 5.74) is 0. The van der Waals surface area contributed by atoms with Gasteiger partial charge < -0.3 is 4.74 Å². The summed E-state index contributed by atoms with van der Waals surface area (Å²) >= 11 is 3.19. The van der Waals surface area contributed by atoms with E-state index in [1.807, 2.05) is 19.1 Å². The molecule has 10 heavy (non-hydrogen) atoms. The number of ether oxygens (including phenoxy) is 1. The van der Waals surface area contributed by atoms with Gasteiger partial charge in [-0.25, -0.2) is 0 Å². The molecule has 0 aromatic carbocycles. The van der Waals surface area contributed by atoms with Crippen LogP contribution in [-0.4, -0.2) is 18.5 Å². The van der Waals surface area contributed by atoms with Crippen LogP contribution < -0.4 is 0 Å². The quantitative estimate of drug-likeness (QED) is 0.295. The molecule has 1 nitrogen and oxygen atoms in total. The maximum Gasteiger partial charge on any atom is 0.108 e. The summed E-state index contributed by atoms with van der Waals surface area (Å²) in [7, 11) is 0. The fourth-order valence-corrected chi connectivity index (χ4v) is 0.571. The summed E-state index contributed by atoms with van der Waals surface area (Å²) in [4.78, 5) is 0. The van der Waals surface area contributed by atoms with Gasteiger partial charge in [0.2, 0.25) is 0 Å². The van der Waals surface area contributed by atoms with E-state index in [2.05, 4.69) is 27.8 Å². The Kier molecular flexibility index (Phi) is 8.51. The Morgan fingerprint density at radius 3 is 2.90 bits per heavy atom. The highest BCUT2D eigenvalue weighted by Gasteiger charge is 1.74. The van der Waals surface area contributed by atoms with Crippen LogP contribution in [0.1, 0.15) is 6.92 Å². The van der Waals surface area contributed by atoms with Gasteiger partial charge in [0.1, 0.15) is 6.61 Å². The van der Waals surface area contributed by atoms with Gasteiger partial charge in [-0.15, -0.1) is 0 Å². The molecule has 0 amide bonds. The first-order valence-corrected chi connectivity index (χ1v) is 4.24. The lowest BCUT2D eigenvalue weighted by Gasteiger charge is -1.90. The molecule has 0 spiro atoms. The van der Waals surface area contributed by atoms with Gasteiger partial charge in [0.15, 0.2) is 0 Å². The van der Waals surface area contributed by atoms with E-state index >= 15 is 0 Å². The lowest BCUT2D eigenvalue weighted by Crippen LogP contribution is -1.90. The van der Waals surface area contributed by atoms with E-state index in [0.717, 1.165) is 5.33 Å². The maximum absolute atomic E-state index is 5.09. The van der Waals surface area contributed by atoms with Gasteiger partial charge in [-0.05, 0) is 6.92 Å². The first-order valence-electron chi connectivity index (χ1n) is 3.12. The molecule has 0 rings (SSSR count). The molecule has 0 aromatic heterocycles. The third-order valence-electron chi connectivity index (χ3n) is 0.816. The largest absolute Gasteiger partial charge is 0.365 e. The molecular weight excluding hydrogens is 192 g/mol. The second-order valence-electron chi connectivity index (χ2n) is 1.57. The summed E-state index contributed by atoms with van der Waals surface area (Å²) in [6, 6.07) is 0. The Labute approximate surface area is 70.6 Å². The van der Waals surface area contributed by atoms with Crippen molar-refractivity contribution in [3.05, 3.63) is 12.2 Å². The average Bonchev–Trinajstić information content (AvgIpc) is 1.97. The minimum Gasteiger partial charge on any atom is -0.365 e. The lowest BCUT2D eigenvalue weighted by atomic mass is 10.5. The van der Waals surface area contributed by atoms with Gasteiger partial charge in [0, 0.05) is 0 Å². The van der Waals surface area contributed by atoms with Gasteiger partial charge in [-0.3, -0.25) is 0 Å². The topological polar surface area (TPSA) is 9.23 Å². The molecule has 2 heteroatoms. The Morgan fingerprint density at radius 2 is 2.30 bits per heavy atom. The molecule has 56 valence electrons. The Bertz CT molecular complexity index is 141. The molecule has 0 saturated carbocycles. The van der Waals surface area contributed by atoms with Crippen molar-refractivity contribution in [3.63, 3.8) is 0 Å². The standard InChI is InChI=1S/C8H11BrO/c1-2-3-7-10-8-5-4-6-9/h2-3H,6-8H2,1H3/b3-2+. The van der Waals surface area contributed by atoms with E-state index in [1.165, 1.54) is 0 Å². The SMILES string of the molecule is C/C=C/COCC#CCBr. The molecule has 0 aliphatic rings. The van der Waals surface area contributed by atoms with Crippen LogP contribution in [0.2, 0.25) is 0 Å². The van der Waals surface area contributed by atoms with E-state index < -0.39 is 0 Å². The van der Waals surface area contributed by atoms with Crippen LogP contribution in [0.4, 0.5) is 0 Å². The molecule has 0 bridgehead atoms. The number of halogens is 1. The molecule has 0 aromatic rings. The molecule has 0 heterocycles. The molecule has 0 aliphatic carbocycles. The lowest BCUT2D eigenvalue weighted by molar-refractivity contribution is 0.199. The molecular formula is C8H11BrO. The monoisotopic (exact) mass is 202 g/mol. The van der Waals surface area contributed by atoms with Crippen molar-refractivity contribution in [1.29, 1.82) is 0 Å². The van der Waals surface area contributed by atoms with Crippen molar-refractivity contribution in [2.75, 3.05) is 18.5 Å². The zero-order valence-electron chi connectivity index (χ0n) is 6.06. The van der Waals surface area contributed by atoms with Crippen molar-refractivity contribution in [2.24, 2.45) is 0 Å². The number of alkyl halides is 1. The van der Waals surface area contributed by atoms with Crippen LogP contribution in [0.5, 0.6) is 0 Å². The highest BCUT2D eigenvalue weighted by atomic mass is 79.9. The molecule has 0 radical (unpaired) electrons. The first-order chi connectivity index (χ1) is 4.91. The highest BCUT2D eigenvalue weighted by Crippen LogP contribution is 1.77. The fraction of sp³-hybridized carbons (Fsp3) is 0.500. The summed E-state index contributed by atoms with van der Waals surface area (Å²) in [5.74, 6) is 5.68. The second kappa shape index (κ2) is 8.74. The zero-order chi connectivity index (χ0) is 7.66. The van der Waals surface area contributed by atoms with Gasteiger partial charge in [-0.1, -0.05) is 39.9 Å². The molecule has 0 aliphatic heterocycles.